The second-order valence-electron chi connectivity index (χ2n) is 7.90. The summed E-state index contributed by atoms with van der Waals surface area (Å²) in [6.07, 6.45) is 3.05. The van der Waals surface area contributed by atoms with E-state index in [9.17, 15) is 14.3 Å². The molecule has 1 aliphatic heterocycles. The van der Waals surface area contributed by atoms with E-state index in [1.807, 2.05) is 24.8 Å². The fourth-order valence-corrected chi connectivity index (χ4v) is 4.15. The predicted octanol–water partition coefficient (Wildman–Crippen LogP) is 5.50. The number of benzene rings is 2. The summed E-state index contributed by atoms with van der Waals surface area (Å²) in [5.74, 6) is -0.426. The van der Waals surface area contributed by atoms with Crippen LogP contribution in [-0.2, 0) is 6.61 Å². The van der Waals surface area contributed by atoms with Crippen LogP contribution in [0.5, 0.6) is 5.75 Å². The lowest BCUT2D eigenvalue weighted by atomic mass is 10.0. The first-order valence-electron chi connectivity index (χ1n) is 10.3. The average molecular weight is 456 g/mol. The lowest BCUT2D eigenvalue weighted by molar-refractivity contribution is 0.0692. The number of ether oxygens (including phenoxy) is 1. The quantitative estimate of drug-likeness (QED) is 0.528. The lowest BCUT2D eigenvalue weighted by Crippen LogP contribution is -2.26. The van der Waals surface area contributed by atoms with Crippen molar-refractivity contribution in [1.29, 1.82) is 0 Å². The van der Waals surface area contributed by atoms with E-state index in [1.165, 1.54) is 18.3 Å². The molecule has 0 radical (unpaired) electrons. The van der Waals surface area contributed by atoms with Gasteiger partial charge in [-0.15, -0.1) is 0 Å². The summed E-state index contributed by atoms with van der Waals surface area (Å²) in [6.45, 7) is 4.43. The maximum atomic E-state index is 13.8. The Kier molecular flexibility index (Phi) is 6.28. The number of rotatable bonds is 6. The molecule has 2 heterocycles. The maximum Gasteiger partial charge on any atom is 0.339 e. The van der Waals surface area contributed by atoms with Crippen molar-refractivity contribution in [2.45, 2.75) is 39.3 Å². The van der Waals surface area contributed by atoms with E-state index >= 15 is 0 Å². The Morgan fingerprint density at radius 1 is 1.28 bits per heavy atom. The highest BCUT2D eigenvalue weighted by Gasteiger charge is 2.29. The van der Waals surface area contributed by atoms with Crippen molar-refractivity contribution in [2.75, 3.05) is 11.4 Å². The van der Waals surface area contributed by atoms with Gasteiger partial charge in [0.2, 0.25) is 5.95 Å². The van der Waals surface area contributed by atoms with Crippen molar-refractivity contribution < 1.29 is 19.0 Å². The van der Waals surface area contributed by atoms with Crippen LogP contribution in [0.25, 0.3) is 0 Å². The Balaban J connectivity index is 1.62. The monoisotopic (exact) mass is 455 g/mol. The summed E-state index contributed by atoms with van der Waals surface area (Å²) in [5.41, 5.74) is 2.85. The van der Waals surface area contributed by atoms with Crippen LogP contribution in [0.15, 0.2) is 42.6 Å². The number of aromatic carboxylic acids is 1. The van der Waals surface area contributed by atoms with Gasteiger partial charge in [-0.25, -0.2) is 19.2 Å². The van der Waals surface area contributed by atoms with E-state index in [2.05, 4.69) is 9.97 Å². The van der Waals surface area contributed by atoms with Crippen molar-refractivity contribution in [3.8, 4) is 5.75 Å². The number of halogens is 2. The molecule has 0 bridgehead atoms. The van der Waals surface area contributed by atoms with Crippen molar-refractivity contribution in [1.82, 2.24) is 9.97 Å². The van der Waals surface area contributed by atoms with Crippen molar-refractivity contribution in [3.05, 3.63) is 81.4 Å². The minimum Gasteiger partial charge on any atom is -0.487 e. The van der Waals surface area contributed by atoms with Gasteiger partial charge in [0.05, 0.1) is 11.7 Å². The molecule has 3 aromatic rings. The Labute approximate surface area is 190 Å². The Morgan fingerprint density at radius 3 is 2.72 bits per heavy atom. The van der Waals surface area contributed by atoms with Gasteiger partial charge >= 0.3 is 5.97 Å². The summed E-state index contributed by atoms with van der Waals surface area (Å²) >= 11 is 6.22. The summed E-state index contributed by atoms with van der Waals surface area (Å²) in [6, 6.07) is 10.0. The fourth-order valence-electron chi connectivity index (χ4n) is 4.04. The van der Waals surface area contributed by atoms with Crippen LogP contribution >= 0.6 is 11.6 Å². The second-order valence-corrected chi connectivity index (χ2v) is 8.28. The molecule has 1 N–H and O–H groups in total. The van der Waals surface area contributed by atoms with Crippen molar-refractivity contribution in [3.63, 3.8) is 0 Å². The number of hydrogen-bond donors (Lipinski definition) is 1. The fraction of sp³-hybridized carbons (Fsp3) is 0.292. The molecule has 8 heteroatoms. The van der Waals surface area contributed by atoms with Crippen LogP contribution in [-0.4, -0.2) is 27.6 Å². The zero-order valence-electron chi connectivity index (χ0n) is 17.8. The lowest BCUT2D eigenvalue weighted by Gasteiger charge is -2.25. The van der Waals surface area contributed by atoms with Gasteiger partial charge in [-0.3, -0.25) is 0 Å². The highest BCUT2D eigenvalue weighted by molar-refractivity contribution is 6.32. The molecular formula is C24H23ClFN3O3. The van der Waals surface area contributed by atoms with Crippen LogP contribution in [0.4, 0.5) is 10.3 Å². The number of aryl methyl sites for hydroxylation is 2. The Bertz CT molecular complexity index is 1150. The van der Waals surface area contributed by atoms with Crippen LogP contribution < -0.4 is 9.64 Å². The topological polar surface area (TPSA) is 75.5 Å². The van der Waals surface area contributed by atoms with Gasteiger partial charge in [-0.05, 0) is 67.6 Å². The van der Waals surface area contributed by atoms with Crippen LogP contribution in [0.2, 0.25) is 5.02 Å². The van der Waals surface area contributed by atoms with Gasteiger partial charge in [-0.2, -0.15) is 0 Å². The molecular weight excluding hydrogens is 433 g/mol. The summed E-state index contributed by atoms with van der Waals surface area (Å²) < 4.78 is 19.6. The Morgan fingerprint density at radius 2 is 2.03 bits per heavy atom. The minimum absolute atomic E-state index is 0.0161. The molecule has 1 aromatic heterocycles. The van der Waals surface area contributed by atoms with Gasteiger partial charge in [0.15, 0.2) is 0 Å². The summed E-state index contributed by atoms with van der Waals surface area (Å²) in [4.78, 5) is 22.6. The molecule has 0 spiro atoms. The van der Waals surface area contributed by atoms with Crippen LogP contribution in [0.1, 0.15) is 51.6 Å². The first kappa shape index (κ1) is 22.0. The van der Waals surface area contributed by atoms with Crippen LogP contribution in [0.3, 0.4) is 0 Å². The van der Waals surface area contributed by atoms with Gasteiger partial charge in [0.1, 0.15) is 23.7 Å². The second kappa shape index (κ2) is 9.12. The molecule has 0 saturated carbocycles. The van der Waals surface area contributed by atoms with E-state index in [0.29, 0.717) is 23.3 Å². The highest BCUT2D eigenvalue weighted by Crippen LogP contribution is 2.35. The minimum atomic E-state index is -1.12. The predicted molar refractivity (Wildman–Crippen MR) is 120 cm³/mol. The zero-order chi connectivity index (χ0) is 22.8. The number of carboxylic acid groups (broad SMARTS) is 1. The molecule has 1 atom stereocenters. The van der Waals surface area contributed by atoms with E-state index in [0.717, 1.165) is 29.5 Å². The molecule has 0 unspecified atom stereocenters. The van der Waals surface area contributed by atoms with Gasteiger partial charge in [0, 0.05) is 17.8 Å². The zero-order valence-corrected chi connectivity index (χ0v) is 18.6. The third-order valence-corrected chi connectivity index (χ3v) is 6.21. The largest absolute Gasteiger partial charge is 0.487 e. The van der Waals surface area contributed by atoms with Gasteiger partial charge < -0.3 is 14.7 Å². The number of anilines is 1. The van der Waals surface area contributed by atoms with Crippen molar-refractivity contribution in [2.24, 2.45) is 0 Å². The number of hydrogen-bond acceptors (Lipinski definition) is 5. The van der Waals surface area contributed by atoms with E-state index in [4.69, 9.17) is 16.3 Å². The molecule has 0 amide bonds. The number of aromatic nitrogens is 2. The number of nitrogens with zero attached hydrogens (tertiary/aromatic N) is 3. The third kappa shape index (κ3) is 4.53. The molecule has 0 aliphatic carbocycles. The molecule has 1 aliphatic rings. The van der Waals surface area contributed by atoms with E-state index in [-0.39, 0.29) is 29.7 Å². The first-order valence-corrected chi connectivity index (χ1v) is 10.7. The molecule has 6 nitrogen and oxygen atoms in total. The molecule has 1 saturated heterocycles. The van der Waals surface area contributed by atoms with E-state index in [1.54, 1.807) is 18.2 Å². The SMILES string of the molecule is Cc1cc(OCc2nc(N3CCC[C@@H]3c3cccc(F)c3)ncc2C(=O)O)cc(C)c1Cl. The molecule has 4 rings (SSSR count). The average Bonchev–Trinajstić information content (AvgIpc) is 3.25. The molecule has 166 valence electrons. The van der Waals surface area contributed by atoms with Crippen molar-refractivity contribution >= 4 is 23.5 Å². The normalized spacial score (nSPS) is 15.8. The van der Waals surface area contributed by atoms with Gasteiger partial charge in [-0.1, -0.05) is 23.7 Å². The maximum absolute atomic E-state index is 13.8. The number of carboxylic acids is 1. The molecule has 32 heavy (non-hydrogen) atoms. The van der Waals surface area contributed by atoms with Gasteiger partial charge in [0.25, 0.3) is 0 Å². The number of carbonyl (C=O) groups is 1. The summed E-state index contributed by atoms with van der Waals surface area (Å²) in [7, 11) is 0. The molecule has 1 fully saturated rings. The standard InChI is InChI=1S/C24H23ClFN3O3/c1-14-9-18(10-15(2)22(14)25)32-13-20-19(23(30)31)12-27-24(28-20)29-8-4-7-21(29)16-5-3-6-17(26)11-16/h3,5-6,9-12,21H,4,7-8,13H2,1-2H3,(H,30,31)/t21-/m1/s1. The molecule has 2 aromatic carbocycles. The highest BCUT2D eigenvalue weighted by atomic mass is 35.5. The smallest absolute Gasteiger partial charge is 0.339 e. The van der Waals surface area contributed by atoms with E-state index < -0.39 is 5.97 Å². The Hall–Kier alpha value is -3.19. The van der Waals surface area contributed by atoms with Crippen LogP contribution in [0, 0.1) is 19.7 Å². The summed E-state index contributed by atoms with van der Waals surface area (Å²) in [5, 5.41) is 10.3. The first-order chi connectivity index (χ1) is 15.3. The third-order valence-electron chi connectivity index (χ3n) is 5.61.